The number of anilines is 1. The van der Waals surface area contributed by atoms with Crippen LogP contribution in [-0.4, -0.2) is 16.4 Å². The van der Waals surface area contributed by atoms with Gasteiger partial charge in [0.15, 0.2) is 0 Å². The third kappa shape index (κ3) is 4.02. The lowest BCUT2D eigenvalue weighted by Gasteiger charge is -2.03. The normalized spacial score (nSPS) is 11.2. The quantitative estimate of drug-likeness (QED) is 0.539. The van der Waals surface area contributed by atoms with Crippen LogP contribution < -0.4 is 11.1 Å². The number of carbonyl (C=O) groups is 2. The molecule has 1 heterocycles. The average Bonchev–Trinajstić information content (AvgIpc) is 2.98. The standard InChI is InChI=1S/C20H15FN4O2/c21-15-5-7-16(8-6-15)24-20(27)13(10-22)9-14-11-25(12-19(23)26)18-4-2-1-3-17(14)18/h1-9,11H,12H2,(H2,23,26)(H,24,27)/b13-9-. The first-order valence-electron chi connectivity index (χ1n) is 8.03. The molecule has 0 fully saturated rings. The Morgan fingerprint density at radius 1 is 1.19 bits per heavy atom. The number of aromatic nitrogens is 1. The van der Waals surface area contributed by atoms with Crippen LogP contribution in [-0.2, 0) is 16.1 Å². The maximum absolute atomic E-state index is 13.0. The van der Waals surface area contributed by atoms with Gasteiger partial charge in [0.25, 0.3) is 5.91 Å². The molecule has 0 atom stereocenters. The Labute approximate surface area is 154 Å². The molecule has 0 aliphatic heterocycles. The number of para-hydroxylation sites is 1. The highest BCUT2D eigenvalue weighted by Gasteiger charge is 2.13. The van der Waals surface area contributed by atoms with Gasteiger partial charge >= 0.3 is 0 Å². The number of nitrogens with two attached hydrogens (primary N) is 1. The Morgan fingerprint density at radius 2 is 1.89 bits per heavy atom. The van der Waals surface area contributed by atoms with Crippen LogP contribution in [0.15, 0.2) is 60.3 Å². The minimum Gasteiger partial charge on any atom is -0.368 e. The predicted octanol–water partition coefficient (Wildman–Crippen LogP) is 2.81. The fourth-order valence-corrected chi connectivity index (χ4v) is 2.72. The van der Waals surface area contributed by atoms with Crippen LogP contribution in [0.5, 0.6) is 0 Å². The van der Waals surface area contributed by atoms with E-state index in [1.165, 1.54) is 30.3 Å². The van der Waals surface area contributed by atoms with Gasteiger partial charge in [0.2, 0.25) is 5.91 Å². The van der Waals surface area contributed by atoms with Gasteiger partial charge in [-0.25, -0.2) is 4.39 Å². The van der Waals surface area contributed by atoms with Crippen LogP contribution in [0.1, 0.15) is 5.56 Å². The number of benzene rings is 2. The number of rotatable bonds is 5. The molecule has 3 aromatic rings. The molecule has 6 nitrogen and oxygen atoms in total. The smallest absolute Gasteiger partial charge is 0.266 e. The zero-order chi connectivity index (χ0) is 19.4. The van der Waals surface area contributed by atoms with E-state index in [1.54, 1.807) is 10.8 Å². The molecule has 3 N–H and O–H groups in total. The number of nitrogens with zero attached hydrogens (tertiary/aromatic N) is 2. The fraction of sp³-hybridized carbons (Fsp3) is 0.0500. The lowest BCUT2D eigenvalue weighted by Crippen LogP contribution is -2.17. The maximum atomic E-state index is 13.0. The first-order valence-corrected chi connectivity index (χ1v) is 8.03. The molecule has 0 saturated heterocycles. The van der Waals surface area contributed by atoms with Gasteiger partial charge in [0, 0.05) is 28.4 Å². The van der Waals surface area contributed by atoms with Gasteiger partial charge in [-0.2, -0.15) is 5.26 Å². The Kier molecular flexibility index (Phi) is 4.99. The van der Waals surface area contributed by atoms with Gasteiger partial charge in [0.1, 0.15) is 24.0 Å². The Morgan fingerprint density at radius 3 is 2.56 bits per heavy atom. The van der Waals surface area contributed by atoms with Crippen molar-refractivity contribution < 1.29 is 14.0 Å². The Balaban J connectivity index is 1.95. The molecule has 0 aliphatic rings. The van der Waals surface area contributed by atoms with E-state index in [-0.39, 0.29) is 12.1 Å². The molecule has 2 amide bonds. The Bertz CT molecular complexity index is 1090. The maximum Gasteiger partial charge on any atom is 0.266 e. The van der Waals surface area contributed by atoms with E-state index >= 15 is 0 Å². The van der Waals surface area contributed by atoms with E-state index in [1.807, 2.05) is 30.3 Å². The lowest BCUT2D eigenvalue weighted by molar-refractivity contribution is -0.118. The summed E-state index contributed by atoms with van der Waals surface area (Å²) in [7, 11) is 0. The summed E-state index contributed by atoms with van der Waals surface area (Å²) in [6.45, 7) is -0.0159. The van der Waals surface area contributed by atoms with Crippen molar-refractivity contribution in [1.29, 1.82) is 5.26 Å². The molecule has 0 saturated carbocycles. The van der Waals surface area contributed by atoms with E-state index in [4.69, 9.17) is 5.73 Å². The molecule has 134 valence electrons. The van der Waals surface area contributed by atoms with E-state index < -0.39 is 17.6 Å². The van der Waals surface area contributed by atoms with Crippen molar-refractivity contribution in [1.82, 2.24) is 4.57 Å². The second-order valence-electron chi connectivity index (χ2n) is 5.83. The summed E-state index contributed by atoms with van der Waals surface area (Å²) in [6.07, 6.45) is 3.11. The number of nitriles is 1. The number of primary amides is 1. The van der Waals surface area contributed by atoms with Crippen LogP contribution in [0, 0.1) is 17.1 Å². The molecule has 1 aromatic heterocycles. The third-order valence-corrected chi connectivity index (χ3v) is 3.91. The molecule has 0 spiro atoms. The average molecular weight is 362 g/mol. The largest absolute Gasteiger partial charge is 0.368 e. The highest BCUT2D eigenvalue weighted by Crippen LogP contribution is 2.24. The SMILES string of the molecule is N#C/C(=C/c1cn(CC(N)=O)c2ccccc12)C(=O)Nc1ccc(F)cc1. The minimum atomic E-state index is -0.615. The monoisotopic (exact) mass is 362 g/mol. The summed E-state index contributed by atoms with van der Waals surface area (Å²) in [5, 5.41) is 12.7. The zero-order valence-electron chi connectivity index (χ0n) is 14.1. The van der Waals surface area contributed by atoms with Crippen molar-refractivity contribution in [3.8, 4) is 6.07 Å². The number of nitrogens with one attached hydrogen (secondary N) is 1. The molecule has 7 heteroatoms. The summed E-state index contributed by atoms with van der Waals surface area (Å²) in [5.41, 5.74) is 6.90. The van der Waals surface area contributed by atoms with Crippen LogP contribution in [0.3, 0.4) is 0 Å². The van der Waals surface area contributed by atoms with Crippen molar-refractivity contribution in [3.63, 3.8) is 0 Å². The topological polar surface area (TPSA) is 101 Å². The van der Waals surface area contributed by atoms with Crippen molar-refractivity contribution >= 4 is 34.5 Å². The van der Waals surface area contributed by atoms with Crippen LogP contribution in [0.25, 0.3) is 17.0 Å². The Hall–Kier alpha value is -3.92. The summed E-state index contributed by atoms with van der Waals surface area (Å²) in [5.74, 6) is -1.54. The number of hydrogen-bond acceptors (Lipinski definition) is 3. The van der Waals surface area contributed by atoms with Crippen molar-refractivity contribution in [2.75, 3.05) is 5.32 Å². The number of amides is 2. The van der Waals surface area contributed by atoms with Crippen LogP contribution >= 0.6 is 0 Å². The fourth-order valence-electron chi connectivity index (χ4n) is 2.72. The van der Waals surface area contributed by atoms with Crippen molar-refractivity contribution in [3.05, 3.63) is 71.7 Å². The van der Waals surface area contributed by atoms with Crippen LogP contribution in [0.4, 0.5) is 10.1 Å². The van der Waals surface area contributed by atoms with Crippen molar-refractivity contribution in [2.24, 2.45) is 5.73 Å². The first kappa shape index (κ1) is 17.9. The van der Waals surface area contributed by atoms with Gasteiger partial charge in [-0.15, -0.1) is 0 Å². The number of hydrogen-bond donors (Lipinski definition) is 2. The van der Waals surface area contributed by atoms with Gasteiger partial charge in [-0.3, -0.25) is 9.59 Å². The second-order valence-corrected chi connectivity index (χ2v) is 5.83. The third-order valence-electron chi connectivity index (χ3n) is 3.91. The molecular formula is C20H15FN4O2. The van der Waals surface area contributed by atoms with E-state index in [9.17, 15) is 19.2 Å². The van der Waals surface area contributed by atoms with Gasteiger partial charge in [0.05, 0.1) is 0 Å². The molecule has 3 rings (SSSR count). The molecule has 2 aromatic carbocycles. The highest BCUT2D eigenvalue weighted by atomic mass is 19.1. The molecule has 0 radical (unpaired) electrons. The summed E-state index contributed by atoms with van der Waals surface area (Å²) in [4.78, 5) is 23.7. The molecule has 0 bridgehead atoms. The van der Waals surface area contributed by atoms with Gasteiger partial charge < -0.3 is 15.6 Å². The minimum absolute atomic E-state index is 0.0159. The first-order chi connectivity index (χ1) is 13.0. The zero-order valence-corrected chi connectivity index (χ0v) is 14.1. The highest BCUT2D eigenvalue weighted by molar-refractivity contribution is 6.10. The van der Waals surface area contributed by atoms with E-state index in [0.29, 0.717) is 11.3 Å². The number of halogens is 1. The lowest BCUT2D eigenvalue weighted by atomic mass is 10.1. The van der Waals surface area contributed by atoms with Crippen LogP contribution in [0.2, 0.25) is 0 Å². The van der Waals surface area contributed by atoms with Crippen molar-refractivity contribution in [2.45, 2.75) is 6.54 Å². The molecule has 0 aliphatic carbocycles. The summed E-state index contributed by atoms with van der Waals surface area (Å²) >= 11 is 0. The second kappa shape index (κ2) is 7.54. The predicted molar refractivity (Wildman–Crippen MR) is 99.8 cm³/mol. The molecule has 27 heavy (non-hydrogen) atoms. The van der Waals surface area contributed by atoms with E-state index in [0.717, 1.165) is 10.9 Å². The number of carbonyl (C=O) groups excluding carboxylic acids is 2. The van der Waals surface area contributed by atoms with Gasteiger partial charge in [-0.1, -0.05) is 18.2 Å². The summed E-state index contributed by atoms with van der Waals surface area (Å²) < 4.78 is 14.6. The molecule has 0 unspecified atom stereocenters. The van der Waals surface area contributed by atoms with Gasteiger partial charge in [-0.05, 0) is 36.4 Å². The number of fused-ring (bicyclic) bond motifs is 1. The molecular weight excluding hydrogens is 347 g/mol. The summed E-state index contributed by atoms with van der Waals surface area (Å²) in [6, 6.07) is 14.4. The van der Waals surface area contributed by atoms with E-state index in [2.05, 4.69) is 5.32 Å².